The van der Waals surface area contributed by atoms with E-state index < -0.39 is 11.7 Å². The van der Waals surface area contributed by atoms with E-state index >= 15 is 0 Å². The van der Waals surface area contributed by atoms with Gasteiger partial charge in [0, 0.05) is 31.4 Å². The van der Waals surface area contributed by atoms with Gasteiger partial charge < -0.3 is 24.6 Å². The zero-order chi connectivity index (χ0) is 28.6. The molecular weight excluding hydrogens is 521 g/mol. The van der Waals surface area contributed by atoms with Gasteiger partial charge in [-0.25, -0.2) is 9.79 Å². The van der Waals surface area contributed by atoms with Gasteiger partial charge >= 0.3 is 12.2 Å². The first-order chi connectivity index (χ1) is 19.0. The van der Waals surface area contributed by atoms with Crippen LogP contribution in [0.15, 0.2) is 65.7 Å². The number of nitrogens with zero attached hydrogens (tertiary/aromatic N) is 3. The van der Waals surface area contributed by atoms with Crippen molar-refractivity contribution in [3.63, 3.8) is 0 Å². The summed E-state index contributed by atoms with van der Waals surface area (Å²) in [5.41, 5.74) is 1.77. The van der Waals surface area contributed by atoms with Gasteiger partial charge in [-0.2, -0.15) is 13.2 Å². The van der Waals surface area contributed by atoms with Crippen molar-refractivity contribution in [1.29, 1.82) is 0 Å². The van der Waals surface area contributed by atoms with E-state index in [2.05, 4.69) is 19.2 Å². The molecule has 0 aromatic heterocycles. The molecule has 0 spiro atoms. The third-order valence-corrected chi connectivity index (χ3v) is 7.18. The molecule has 1 fully saturated rings. The standard InChI is InChI=1S/C30H31F3N4O3/c1-18(2)20-5-8-22(9-6-20)34-29(38)37-14-13-36(17-19(37)3)28-24-16-23(39-4)10-12-26(24)40-27-11-7-21(30(31,32)33)15-25(27)35-28/h5-12,15-16,18-19H,13-14,17H2,1-4H3,(H,34,38)/t19-/m0/s1. The molecule has 0 saturated carbocycles. The third-order valence-electron chi connectivity index (χ3n) is 7.18. The molecule has 2 heterocycles. The summed E-state index contributed by atoms with van der Waals surface area (Å²) in [4.78, 5) is 21.6. The van der Waals surface area contributed by atoms with Gasteiger partial charge in [-0.15, -0.1) is 0 Å². The molecule has 10 heteroatoms. The Morgan fingerprint density at radius 3 is 2.42 bits per heavy atom. The van der Waals surface area contributed by atoms with Gasteiger partial charge in [0.2, 0.25) is 0 Å². The van der Waals surface area contributed by atoms with Gasteiger partial charge in [0.1, 0.15) is 23.0 Å². The normalized spacial score (nSPS) is 16.9. The van der Waals surface area contributed by atoms with Crippen LogP contribution < -0.4 is 14.8 Å². The Kier molecular flexibility index (Phi) is 7.35. The van der Waals surface area contributed by atoms with Crippen LogP contribution in [0.25, 0.3) is 0 Å². The number of amides is 2. The van der Waals surface area contributed by atoms with E-state index in [-0.39, 0.29) is 23.5 Å². The monoisotopic (exact) mass is 552 g/mol. The predicted octanol–water partition coefficient (Wildman–Crippen LogP) is 7.26. The molecule has 5 rings (SSSR count). The number of anilines is 1. The maximum absolute atomic E-state index is 13.5. The molecule has 40 heavy (non-hydrogen) atoms. The molecule has 2 amide bonds. The quantitative estimate of drug-likeness (QED) is 0.372. The minimum absolute atomic E-state index is 0.0812. The van der Waals surface area contributed by atoms with Gasteiger partial charge in [-0.05, 0) is 66.9 Å². The van der Waals surface area contributed by atoms with Crippen molar-refractivity contribution in [3.8, 4) is 17.2 Å². The minimum Gasteiger partial charge on any atom is -0.497 e. The Balaban J connectivity index is 1.41. The van der Waals surface area contributed by atoms with E-state index in [0.717, 1.165) is 12.1 Å². The number of hydrogen-bond acceptors (Lipinski definition) is 5. The molecule has 0 aliphatic carbocycles. The van der Waals surface area contributed by atoms with Crippen LogP contribution in [0.1, 0.15) is 43.4 Å². The number of amidine groups is 1. The Hall–Kier alpha value is -4.21. The molecule has 0 radical (unpaired) electrons. The fourth-order valence-electron chi connectivity index (χ4n) is 4.90. The lowest BCUT2D eigenvalue weighted by Crippen LogP contribution is -2.56. The van der Waals surface area contributed by atoms with E-state index in [1.54, 1.807) is 23.1 Å². The molecule has 210 valence electrons. The smallest absolute Gasteiger partial charge is 0.416 e. The number of ether oxygens (including phenoxy) is 2. The summed E-state index contributed by atoms with van der Waals surface area (Å²) < 4.78 is 51.9. The van der Waals surface area contributed by atoms with E-state index in [4.69, 9.17) is 14.5 Å². The molecule has 7 nitrogen and oxygen atoms in total. The first-order valence-electron chi connectivity index (χ1n) is 13.1. The second kappa shape index (κ2) is 10.7. The average molecular weight is 553 g/mol. The zero-order valence-electron chi connectivity index (χ0n) is 22.7. The van der Waals surface area contributed by atoms with Crippen LogP contribution in [0, 0.1) is 0 Å². The van der Waals surface area contributed by atoms with Crippen LogP contribution in [0.5, 0.6) is 17.2 Å². The number of hydrogen-bond donors (Lipinski definition) is 1. The number of carbonyl (C=O) groups excluding carboxylic acids is 1. The lowest BCUT2D eigenvalue weighted by Gasteiger charge is -2.41. The molecule has 0 bridgehead atoms. The molecule has 1 atom stereocenters. The van der Waals surface area contributed by atoms with Crippen LogP contribution in [0.3, 0.4) is 0 Å². The number of halogens is 3. The van der Waals surface area contributed by atoms with Crippen molar-refractivity contribution in [1.82, 2.24) is 9.80 Å². The second-order valence-electron chi connectivity index (χ2n) is 10.3. The highest BCUT2D eigenvalue weighted by atomic mass is 19.4. The number of urea groups is 1. The average Bonchev–Trinajstić information content (AvgIpc) is 3.08. The third kappa shape index (κ3) is 5.57. The predicted molar refractivity (Wildman–Crippen MR) is 148 cm³/mol. The van der Waals surface area contributed by atoms with Crippen LogP contribution in [0.4, 0.5) is 29.3 Å². The van der Waals surface area contributed by atoms with Crippen molar-refractivity contribution < 1.29 is 27.4 Å². The number of alkyl halides is 3. The van der Waals surface area contributed by atoms with Gasteiger partial charge in [-0.3, -0.25) is 0 Å². The summed E-state index contributed by atoms with van der Waals surface area (Å²) in [5.74, 6) is 2.10. The van der Waals surface area contributed by atoms with Crippen molar-refractivity contribution in [2.45, 2.75) is 38.9 Å². The molecule has 3 aromatic carbocycles. The zero-order valence-corrected chi connectivity index (χ0v) is 22.7. The highest BCUT2D eigenvalue weighted by Gasteiger charge is 2.34. The highest BCUT2D eigenvalue weighted by Crippen LogP contribution is 2.42. The summed E-state index contributed by atoms with van der Waals surface area (Å²) in [6.07, 6.45) is -4.52. The van der Waals surface area contributed by atoms with Crippen molar-refractivity contribution in [2.75, 3.05) is 32.1 Å². The first-order valence-corrected chi connectivity index (χ1v) is 13.1. The Morgan fingerprint density at radius 2 is 1.77 bits per heavy atom. The van der Waals surface area contributed by atoms with E-state index in [1.165, 1.54) is 18.7 Å². The summed E-state index contributed by atoms with van der Waals surface area (Å²) in [6.45, 7) is 7.40. The fourth-order valence-corrected chi connectivity index (χ4v) is 4.90. The number of methoxy groups -OCH3 is 1. The molecular formula is C30H31F3N4O3. The van der Waals surface area contributed by atoms with E-state index in [1.807, 2.05) is 36.1 Å². The van der Waals surface area contributed by atoms with Crippen LogP contribution >= 0.6 is 0 Å². The number of carbonyl (C=O) groups is 1. The fraction of sp³-hybridized carbons (Fsp3) is 0.333. The van der Waals surface area contributed by atoms with E-state index in [9.17, 15) is 18.0 Å². The Morgan fingerprint density at radius 1 is 1.05 bits per heavy atom. The SMILES string of the molecule is COc1ccc2c(c1)C(N1CCN(C(=O)Nc3ccc(C(C)C)cc3)[C@@H](C)C1)=Nc1cc(C(F)(F)F)ccc1O2. The Labute approximate surface area is 231 Å². The number of piperazine rings is 1. The lowest BCUT2D eigenvalue weighted by atomic mass is 10.0. The number of benzene rings is 3. The number of aliphatic imine (C=N–C) groups is 1. The number of rotatable bonds is 3. The molecule has 2 aliphatic heterocycles. The number of nitrogens with one attached hydrogen (secondary N) is 1. The Bertz CT molecular complexity index is 1440. The van der Waals surface area contributed by atoms with Gasteiger partial charge in [0.15, 0.2) is 5.75 Å². The van der Waals surface area contributed by atoms with Crippen molar-refractivity contribution >= 4 is 23.2 Å². The first kappa shape index (κ1) is 27.4. The summed E-state index contributed by atoms with van der Waals surface area (Å²) in [6, 6.07) is 15.8. The van der Waals surface area contributed by atoms with Crippen molar-refractivity contribution in [2.24, 2.45) is 4.99 Å². The topological polar surface area (TPSA) is 66.4 Å². The maximum atomic E-state index is 13.5. The summed E-state index contributed by atoms with van der Waals surface area (Å²) >= 11 is 0. The molecule has 0 unspecified atom stereocenters. The summed E-state index contributed by atoms with van der Waals surface area (Å²) in [5, 5.41) is 2.97. The molecule has 1 N–H and O–H groups in total. The van der Waals surface area contributed by atoms with Gasteiger partial charge in [0.25, 0.3) is 0 Å². The minimum atomic E-state index is -4.52. The van der Waals surface area contributed by atoms with Gasteiger partial charge in [0.05, 0.1) is 18.2 Å². The van der Waals surface area contributed by atoms with Crippen LogP contribution in [0.2, 0.25) is 0 Å². The van der Waals surface area contributed by atoms with Crippen molar-refractivity contribution in [3.05, 3.63) is 77.4 Å². The van der Waals surface area contributed by atoms with E-state index in [0.29, 0.717) is 54.1 Å². The maximum Gasteiger partial charge on any atom is 0.416 e. The molecule has 1 saturated heterocycles. The van der Waals surface area contributed by atoms with Gasteiger partial charge in [-0.1, -0.05) is 26.0 Å². The van der Waals surface area contributed by atoms with Crippen LogP contribution in [-0.2, 0) is 6.18 Å². The van der Waals surface area contributed by atoms with Crippen LogP contribution in [-0.4, -0.2) is 54.5 Å². The highest BCUT2D eigenvalue weighted by molar-refractivity contribution is 6.04. The molecule has 3 aromatic rings. The summed E-state index contributed by atoms with van der Waals surface area (Å²) in [7, 11) is 1.54. The lowest BCUT2D eigenvalue weighted by molar-refractivity contribution is -0.137. The largest absolute Gasteiger partial charge is 0.497 e. The second-order valence-corrected chi connectivity index (χ2v) is 10.3. The molecule has 2 aliphatic rings. The number of fused-ring (bicyclic) bond motifs is 2.